The Morgan fingerprint density at radius 1 is 0.662 bits per heavy atom. The van der Waals surface area contributed by atoms with Gasteiger partial charge in [-0.1, -0.05) is 47.7 Å². The lowest BCUT2D eigenvalue weighted by Crippen LogP contribution is -2.63. The number of nitrogens with zero attached hydrogens (tertiary/aromatic N) is 9. The van der Waals surface area contributed by atoms with Crippen molar-refractivity contribution in [2.45, 2.75) is 85.0 Å². The summed E-state index contributed by atoms with van der Waals surface area (Å²) in [6.07, 6.45) is -4.38. The monoisotopic (exact) mass is 1090 g/mol. The van der Waals surface area contributed by atoms with Crippen LogP contribution in [0.3, 0.4) is 0 Å². The van der Waals surface area contributed by atoms with Crippen LogP contribution in [-0.4, -0.2) is 180 Å². The smallest absolute Gasteiger partial charge is 0.303 e. The number of anilines is 2. The molecule has 5 atom stereocenters. The van der Waals surface area contributed by atoms with Gasteiger partial charge in [0.2, 0.25) is 0 Å². The SMILES string of the molecule is CCn1c2ccccc2c2cc(-c3nc(-c4ccc(N5CCN(Cc6cn(CCOCCO[C@@H]7O[C@H](COC(C)=O)[C@@H](OC(C)=O)[C@H](OC(C)=O)[C@H]7OC(C)=O)nn6)CC5)cc4)c(-c4ccc(N5CCN(C)CC5)cc4)[nH]3)ccc21. The van der Waals surface area contributed by atoms with Crippen LogP contribution in [0.1, 0.15) is 40.3 Å². The van der Waals surface area contributed by atoms with Crippen molar-refractivity contribution >= 4 is 57.1 Å². The van der Waals surface area contributed by atoms with E-state index in [0.29, 0.717) is 13.1 Å². The standard InChI is InChI=1S/C59H70N10O11/c1-7-69-50-11-9-8-10-48(50)49-34-44(16-21-51(49)69)58-60-53(42-12-17-46(18-13-42)66-26-22-64(6)23-27-66)54(61-58)43-14-19-47(20-15-43)67-28-24-65(25-29-67)35-45-36-68(63-62-45)30-31-74-32-33-75-59-57(79-41(5)73)56(78-40(4)72)55(77-39(3)71)52(80-59)37-76-38(2)70/h8-21,34,36,52,55-57,59H,7,22-33,35,37H2,1-6H3,(H,60,61)/t52-,55-,56+,57-,59-/m1/s1. The van der Waals surface area contributed by atoms with Gasteiger partial charge in [0, 0.05) is 149 Å². The van der Waals surface area contributed by atoms with Crippen molar-refractivity contribution in [2.24, 2.45) is 0 Å². The molecule has 0 radical (unpaired) electrons. The van der Waals surface area contributed by atoms with E-state index < -0.39 is 54.6 Å². The third-order valence-corrected chi connectivity index (χ3v) is 14.9. The van der Waals surface area contributed by atoms with Crippen molar-refractivity contribution < 1.29 is 52.3 Å². The fourth-order valence-corrected chi connectivity index (χ4v) is 10.9. The number of hydrogen-bond donors (Lipinski definition) is 1. The lowest BCUT2D eigenvalue weighted by atomic mass is 9.98. The van der Waals surface area contributed by atoms with E-state index in [1.807, 2.05) is 6.20 Å². The zero-order chi connectivity index (χ0) is 55.9. The maximum atomic E-state index is 12.2. The second-order valence-electron chi connectivity index (χ2n) is 20.5. The molecule has 3 saturated heterocycles. The largest absolute Gasteiger partial charge is 0.463 e. The minimum absolute atomic E-state index is 0.0179. The average molecular weight is 1100 g/mol. The van der Waals surface area contributed by atoms with E-state index in [-0.39, 0.29) is 26.4 Å². The molecular formula is C59H70N10O11. The Balaban J connectivity index is 0.739. The number of ether oxygens (including phenoxy) is 7. The van der Waals surface area contributed by atoms with E-state index >= 15 is 0 Å². The first-order valence-corrected chi connectivity index (χ1v) is 27.4. The molecule has 3 aliphatic heterocycles. The number of fused-ring (bicyclic) bond motifs is 3. The van der Waals surface area contributed by atoms with Gasteiger partial charge in [-0.3, -0.25) is 24.1 Å². The third kappa shape index (κ3) is 13.0. The highest BCUT2D eigenvalue weighted by Crippen LogP contribution is 2.38. The number of benzene rings is 4. The second-order valence-corrected chi connectivity index (χ2v) is 20.5. The van der Waals surface area contributed by atoms with Gasteiger partial charge >= 0.3 is 23.9 Å². The van der Waals surface area contributed by atoms with Gasteiger partial charge in [0.05, 0.1) is 43.4 Å². The summed E-state index contributed by atoms with van der Waals surface area (Å²) >= 11 is 0. The number of aryl methyl sites for hydroxylation is 1. The second kappa shape index (κ2) is 25.2. The number of carbonyl (C=O) groups excluding carboxylic acids is 4. The molecule has 3 fully saturated rings. The fraction of sp³-hybridized carbons (Fsp3) is 0.441. The van der Waals surface area contributed by atoms with Crippen molar-refractivity contribution in [1.29, 1.82) is 0 Å². The molecule has 0 unspecified atom stereocenters. The molecule has 6 heterocycles. The topological polar surface area (TPSA) is 210 Å². The normalized spacial score (nSPS) is 20.1. The Kier molecular flexibility index (Phi) is 17.5. The molecule has 10 rings (SSSR count). The molecule has 0 aliphatic carbocycles. The van der Waals surface area contributed by atoms with E-state index in [4.69, 9.17) is 38.1 Å². The molecule has 1 N–H and O–H groups in total. The van der Waals surface area contributed by atoms with Crippen LogP contribution in [0.25, 0.3) is 55.7 Å². The summed E-state index contributed by atoms with van der Waals surface area (Å²) in [5.74, 6) is -1.94. The summed E-state index contributed by atoms with van der Waals surface area (Å²) in [6.45, 7) is 16.5. The van der Waals surface area contributed by atoms with Crippen LogP contribution in [0.15, 0.2) is 97.2 Å². The van der Waals surface area contributed by atoms with Crippen LogP contribution in [0, 0.1) is 0 Å². The predicted molar refractivity (Wildman–Crippen MR) is 300 cm³/mol. The number of esters is 4. The summed E-state index contributed by atoms with van der Waals surface area (Å²) in [6, 6.07) is 33.0. The van der Waals surface area contributed by atoms with Gasteiger partial charge < -0.3 is 57.4 Å². The zero-order valence-electron chi connectivity index (χ0n) is 46.2. The maximum Gasteiger partial charge on any atom is 0.303 e. The number of aromatic nitrogens is 6. The van der Waals surface area contributed by atoms with E-state index in [2.05, 4.69) is 144 Å². The minimum Gasteiger partial charge on any atom is -0.463 e. The molecule has 3 aliphatic rings. The van der Waals surface area contributed by atoms with Crippen LogP contribution in [0.5, 0.6) is 0 Å². The van der Waals surface area contributed by atoms with Crippen LogP contribution >= 0.6 is 0 Å². The molecule has 80 heavy (non-hydrogen) atoms. The Hall–Kier alpha value is -7.69. The third-order valence-electron chi connectivity index (χ3n) is 14.9. The molecule has 21 nitrogen and oxygen atoms in total. The van der Waals surface area contributed by atoms with Crippen molar-refractivity contribution in [3.63, 3.8) is 0 Å². The van der Waals surface area contributed by atoms with Crippen LogP contribution in [-0.2, 0) is 72.0 Å². The van der Waals surface area contributed by atoms with Gasteiger partial charge in [-0.15, -0.1) is 5.10 Å². The number of aromatic amines is 1. The van der Waals surface area contributed by atoms with E-state index in [1.54, 1.807) is 4.68 Å². The summed E-state index contributed by atoms with van der Waals surface area (Å²) in [5.41, 5.74) is 10.8. The van der Waals surface area contributed by atoms with Crippen LogP contribution in [0.4, 0.5) is 11.4 Å². The average Bonchev–Trinajstić information content (AvgIpc) is 4.22. The summed E-state index contributed by atoms with van der Waals surface area (Å²) in [5, 5.41) is 11.2. The highest BCUT2D eigenvalue weighted by Gasteiger charge is 2.52. The Morgan fingerprint density at radius 2 is 1.29 bits per heavy atom. The van der Waals surface area contributed by atoms with Gasteiger partial charge in [-0.05, 0) is 62.5 Å². The summed E-state index contributed by atoms with van der Waals surface area (Å²) < 4.78 is 43.4. The van der Waals surface area contributed by atoms with Gasteiger partial charge in [-0.25, -0.2) is 9.67 Å². The first kappa shape index (κ1) is 55.6. The van der Waals surface area contributed by atoms with Gasteiger partial charge in [0.1, 0.15) is 18.5 Å². The number of piperazine rings is 2. The molecule has 4 aromatic carbocycles. The molecule has 21 heteroatoms. The molecule has 0 bridgehead atoms. The Morgan fingerprint density at radius 3 is 1.96 bits per heavy atom. The van der Waals surface area contributed by atoms with E-state index in [1.165, 1.54) is 41.3 Å². The maximum absolute atomic E-state index is 12.2. The van der Waals surface area contributed by atoms with Crippen molar-refractivity contribution in [3.8, 4) is 33.9 Å². The number of nitrogens with one attached hydrogen (secondary N) is 1. The van der Waals surface area contributed by atoms with E-state index in [9.17, 15) is 19.2 Å². The number of carbonyl (C=O) groups is 4. The molecule has 0 amide bonds. The van der Waals surface area contributed by atoms with Gasteiger partial charge in [0.25, 0.3) is 0 Å². The molecule has 7 aromatic rings. The number of H-pyrrole nitrogens is 1. The lowest BCUT2D eigenvalue weighted by Gasteiger charge is -2.44. The Bertz CT molecular complexity index is 3270. The first-order valence-electron chi connectivity index (χ1n) is 27.4. The number of hydrogen-bond acceptors (Lipinski definition) is 18. The minimum atomic E-state index is -1.32. The molecule has 0 saturated carbocycles. The summed E-state index contributed by atoms with van der Waals surface area (Å²) in [4.78, 5) is 66.8. The number of para-hydroxylation sites is 1. The molecule has 0 spiro atoms. The van der Waals surface area contributed by atoms with Crippen molar-refractivity contribution in [3.05, 3.63) is 103 Å². The quantitative estimate of drug-likeness (QED) is 0.0503. The van der Waals surface area contributed by atoms with E-state index in [0.717, 1.165) is 118 Å². The molecule has 422 valence electrons. The molecular weight excluding hydrogens is 1020 g/mol. The van der Waals surface area contributed by atoms with Gasteiger partial charge in [-0.2, -0.15) is 0 Å². The van der Waals surface area contributed by atoms with Crippen LogP contribution < -0.4 is 9.80 Å². The highest BCUT2D eigenvalue weighted by molar-refractivity contribution is 6.09. The molecule has 3 aromatic heterocycles. The number of likely N-dealkylation sites (N-methyl/N-ethyl adjacent to an activating group) is 1. The first-order chi connectivity index (χ1) is 38.8. The van der Waals surface area contributed by atoms with Gasteiger partial charge in [0.15, 0.2) is 24.6 Å². The Labute approximate surface area is 464 Å². The van der Waals surface area contributed by atoms with Crippen molar-refractivity contribution in [2.75, 3.05) is 95.6 Å². The lowest BCUT2D eigenvalue weighted by molar-refractivity contribution is -0.309. The summed E-state index contributed by atoms with van der Waals surface area (Å²) in [7, 11) is 2.18. The predicted octanol–water partition coefficient (Wildman–Crippen LogP) is 6.32. The highest BCUT2D eigenvalue weighted by atomic mass is 16.7. The number of imidazole rings is 1. The van der Waals surface area contributed by atoms with Crippen molar-refractivity contribution in [1.82, 2.24) is 39.3 Å². The van der Waals surface area contributed by atoms with Crippen LogP contribution in [0.2, 0.25) is 0 Å². The number of rotatable bonds is 20. The zero-order valence-corrected chi connectivity index (χ0v) is 46.2. The fourth-order valence-electron chi connectivity index (χ4n) is 10.9.